The van der Waals surface area contributed by atoms with Crippen LogP contribution >= 0.6 is 23.5 Å². The molecule has 0 amide bonds. The Morgan fingerprint density at radius 3 is 2.23 bits per heavy atom. The summed E-state index contributed by atoms with van der Waals surface area (Å²) in [6, 6.07) is 24.0. The van der Waals surface area contributed by atoms with Crippen molar-refractivity contribution in [3.05, 3.63) is 77.9 Å². The van der Waals surface area contributed by atoms with Gasteiger partial charge in [0, 0.05) is 30.5 Å². The van der Waals surface area contributed by atoms with E-state index in [4.69, 9.17) is 4.98 Å². The number of hydrogen-bond acceptors (Lipinski definition) is 3. The normalized spacial score (nSPS) is 12.7. The van der Waals surface area contributed by atoms with Crippen LogP contribution in [0.2, 0.25) is 0 Å². The highest BCUT2D eigenvalue weighted by atomic mass is 32.2. The molecule has 1 aliphatic heterocycles. The van der Waals surface area contributed by atoms with Gasteiger partial charge in [-0.25, -0.2) is 4.98 Å². The number of benzene rings is 3. The van der Waals surface area contributed by atoms with Gasteiger partial charge in [-0.15, -0.1) is 0 Å². The topological polar surface area (TPSA) is 12.9 Å². The van der Waals surface area contributed by atoms with Gasteiger partial charge < -0.3 is 0 Å². The van der Waals surface area contributed by atoms with Gasteiger partial charge in [0.2, 0.25) is 0 Å². The molecular weight excluding hydrogens is 354 g/mol. The SMILES string of the molecule is Cc1cc(C)c2nc(-c3ccc4c(c3)Sc3ccccc3S4)ccc2c1. The van der Waals surface area contributed by atoms with E-state index in [0.717, 1.165) is 11.2 Å². The van der Waals surface area contributed by atoms with Crippen LogP contribution in [0.3, 0.4) is 0 Å². The number of fused-ring (bicyclic) bond motifs is 3. The van der Waals surface area contributed by atoms with E-state index in [-0.39, 0.29) is 0 Å². The third-order valence-electron chi connectivity index (χ3n) is 4.66. The summed E-state index contributed by atoms with van der Waals surface area (Å²) in [6.07, 6.45) is 0. The molecule has 126 valence electrons. The fourth-order valence-electron chi connectivity index (χ4n) is 3.45. The highest BCUT2D eigenvalue weighted by Gasteiger charge is 2.17. The Balaban J connectivity index is 1.59. The fourth-order valence-corrected chi connectivity index (χ4v) is 5.70. The molecule has 4 aromatic rings. The van der Waals surface area contributed by atoms with E-state index in [0.29, 0.717) is 0 Å². The molecule has 0 spiro atoms. The second kappa shape index (κ2) is 6.19. The quantitative estimate of drug-likeness (QED) is 0.311. The van der Waals surface area contributed by atoms with Crippen LogP contribution in [0.1, 0.15) is 11.1 Å². The van der Waals surface area contributed by atoms with Gasteiger partial charge in [-0.3, -0.25) is 0 Å². The van der Waals surface area contributed by atoms with Crippen LogP contribution in [0.25, 0.3) is 22.2 Å². The molecule has 0 bridgehead atoms. The molecule has 0 saturated carbocycles. The summed E-state index contributed by atoms with van der Waals surface area (Å²) < 4.78 is 0. The largest absolute Gasteiger partial charge is 0.248 e. The summed E-state index contributed by atoms with van der Waals surface area (Å²) in [5.74, 6) is 0. The minimum absolute atomic E-state index is 1.04. The molecule has 1 aromatic heterocycles. The number of nitrogens with zero attached hydrogens (tertiary/aromatic N) is 1. The van der Waals surface area contributed by atoms with Crippen LogP contribution in [0, 0.1) is 13.8 Å². The van der Waals surface area contributed by atoms with Crippen molar-refractivity contribution in [3.63, 3.8) is 0 Å². The Labute approximate surface area is 161 Å². The highest BCUT2D eigenvalue weighted by molar-refractivity contribution is 8.05. The smallest absolute Gasteiger partial charge is 0.0738 e. The first-order valence-corrected chi connectivity index (χ1v) is 10.3. The molecular formula is C23H17NS2. The molecule has 3 aromatic carbocycles. The zero-order valence-electron chi connectivity index (χ0n) is 14.6. The zero-order chi connectivity index (χ0) is 17.7. The molecule has 2 heterocycles. The third-order valence-corrected chi connectivity index (χ3v) is 7.20. The van der Waals surface area contributed by atoms with E-state index < -0.39 is 0 Å². The second-order valence-corrected chi connectivity index (χ2v) is 8.83. The molecule has 1 aliphatic rings. The first kappa shape index (κ1) is 16.0. The lowest BCUT2D eigenvalue weighted by molar-refractivity contribution is 1.16. The second-order valence-electron chi connectivity index (χ2n) is 6.66. The lowest BCUT2D eigenvalue weighted by Gasteiger charge is -2.18. The number of pyridine rings is 1. The van der Waals surface area contributed by atoms with Gasteiger partial charge in [-0.1, -0.05) is 59.4 Å². The third kappa shape index (κ3) is 2.72. The standard InChI is InChI=1S/C23H17NS2/c1-14-11-15(2)23-17(12-14)7-9-18(24-23)16-8-10-21-22(13-16)26-20-6-4-3-5-19(20)25-21/h3-13H,1-2H3. The lowest BCUT2D eigenvalue weighted by Crippen LogP contribution is -1.92. The maximum atomic E-state index is 4.96. The van der Waals surface area contributed by atoms with E-state index in [1.807, 2.05) is 23.5 Å². The van der Waals surface area contributed by atoms with Crippen LogP contribution in [0.15, 0.2) is 86.3 Å². The van der Waals surface area contributed by atoms with Crippen molar-refractivity contribution >= 4 is 34.4 Å². The van der Waals surface area contributed by atoms with Gasteiger partial charge in [0.05, 0.1) is 11.2 Å². The van der Waals surface area contributed by atoms with Crippen LogP contribution in [-0.2, 0) is 0 Å². The predicted octanol–water partition coefficient (Wildman–Crippen LogP) is 7.13. The van der Waals surface area contributed by atoms with Gasteiger partial charge in [0.25, 0.3) is 0 Å². The van der Waals surface area contributed by atoms with Gasteiger partial charge in [-0.2, -0.15) is 0 Å². The van der Waals surface area contributed by atoms with Crippen LogP contribution in [0.4, 0.5) is 0 Å². The van der Waals surface area contributed by atoms with Crippen LogP contribution < -0.4 is 0 Å². The molecule has 0 N–H and O–H groups in total. The van der Waals surface area contributed by atoms with Gasteiger partial charge in [-0.05, 0) is 55.8 Å². The summed E-state index contributed by atoms with van der Waals surface area (Å²) in [5.41, 5.74) is 5.83. The van der Waals surface area contributed by atoms with E-state index >= 15 is 0 Å². The van der Waals surface area contributed by atoms with Gasteiger partial charge in [0.1, 0.15) is 0 Å². The van der Waals surface area contributed by atoms with E-state index in [9.17, 15) is 0 Å². The van der Waals surface area contributed by atoms with Crippen molar-refractivity contribution in [1.29, 1.82) is 0 Å². The van der Waals surface area contributed by atoms with Crippen LogP contribution in [0.5, 0.6) is 0 Å². The molecule has 0 unspecified atom stereocenters. The molecule has 0 aliphatic carbocycles. The van der Waals surface area contributed by atoms with Crippen molar-refractivity contribution in [2.45, 2.75) is 33.4 Å². The van der Waals surface area contributed by atoms with Crippen LogP contribution in [-0.4, -0.2) is 4.98 Å². The first-order chi connectivity index (χ1) is 12.7. The summed E-state index contributed by atoms with van der Waals surface area (Å²) in [5, 5.41) is 1.21. The van der Waals surface area contributed by atoms with Gasteiger partial charge in [0.15, 0.2) is 0 Å². The minimum atomic E-state index is 1.04. The average molecular weight is 372 g/mol. The first-order valence-electron chi connectivity index (χ1n) is 8.64. The molecule has 0 saturated heterocycles. The van der Waals surface area contributed by atoms with E-state index in [1.54, 1.807) is 0 Å². The summed E-state index contributed by atoms with van der Waals surface area (Å²) in [4.78, 5) is 10.3. The number of aromatic nitrogens is 1. The number of aryl methyl sites for hydroxylation is 2. The van der Waals surface area contributed by atoms with Crippen molar-refractivity contribution in [3.8, 4) is 11.3 Å². The molecule has 26 heavy (non-hydrogen) atoms. The molecule has 1 nitrogen and oxygen atoms in total. The number of rotatable bonds is 1. The highest BCUT2D eigenvalue weighted by Crippen LogP contribution is 2.49. The maximum absolute atomic E-state index is 4.96. The Hall–Kier alpha value is -2.23. The predicted molar refractivity (Wildman–Crippen MR) is 111 cm³/mol. The summed E-state index contributed by atoms with van der Waals surface area (Å²) >= 11 is 3.70. The molecule has 5 rings (SSSR count). The van der Waals surface area contributed by atoms with Crippen molar-refractivity contribution in [1.82, 2.24) is 4.98 Å². The fraction of sp³-hybridized carbons (Fsp3) is 0.0870. The van der Waals surface area contributed by atoms with E-state index in [2.05, 4.69) is 80.6 Å². The lowest BCUT2D eigenvalue weighted by atomic mass is 10.0. The number of hydrogen-bond donors (Lipinski definition) is 0. The Bertz CT molecular complexity index is 1160. The Morgan fingerprint density at radius 2 is 1.42 bits per heavy atom. The monoisotopic (exact) mass is 371 g/mol. The maximum Gasteiger partial charge on any atom is 0.0738 e. The van der Waals surface area contributed by atoms with E-state index in [1.165, 1.54) is 41.7 Å². The molecule has 0 atom stereocenters. The van der Waals surface area contributed by atoms with Crippen molar-refractivity contribution < 1.29 is 0 Å². The zero-order valence-corrected chi connectivity index (χ0v) is 16.2. The van der Waals surface area contributed by atoms with Crippen molar-refractivity contribution in [2.75, 3.05) is 0 Å². The summed E-state index contributed by atoms with van der Waals surface area (Å²) in [6.45, 7) is 4.28. The average Bonchev–Trinajstić information content (AvgIpc) is 2.65. The molecule has 0 fully saturated rings. The van der Waals surface area contributed by atoms with Gasteiger partial charge >= 0.3 is 0 Å². The van der Waals surface area contributed by atoms with Crippen molar-refractivity contribution in [2.24, 2.45) is 0 Å². The Morgan fingerprint density at radius 1 is 0.692 bits per heavy atom. The molecule has 3 heteroatoms. The Kier molecular flexibility index (Phi) is 3.80. The minimum Gasteiger partial charge on any atom is -0.248 e. The summed E-state index contributed by atoms with van der Waals surface area (Å²) in [7, 11) is 0. The molecule has 0 radical (unpaired) electrons.